The fraction of sp³-hybridized carbons (Fsp3) is 0.235. The minimum Gasteiger partial charge on any atom is -0.490 e. The van der Waals surface area contributed by atoms with Crippen molar-refractivity contribution >= 4 is 46.6 Å². The van der Waals surface area contributed by atoms with Crippen molar-refractivity contribution < 1.29 is 14.3 Å². The molecule has 2 aromatic rings. The van der Waals surface area contributed by atoms with Gasteiger partial charge in [0.2, 0.25) is 5.91 Å². The van der Waals surface area contributed by atoms with Crippen molar-refractivity contribution in [3.05, 3.63) is 46.4 Å². The third-order valence-corrected chi connectivity index (χ3v) is 4.67. The first-order valence-corrected chi connectivity index (χ1v) is 9.13. The van der Waals surface area contributed by atoms with Crippen LogP contribution in [0.2, 0.25) is 10.0 Å². The van der Waals surface area contributed by atoms with E-state index in [0.717, 1.165) is 22.8 Å². The van der Waals surface area contributed by atoms with Crippen molar-refractivity contribution in [2.45, 2.75) is 11.3 Å². The Morgan fingerprint density at radius 3 is 2.50 bits per heavy atom. The van der Waals surface area contributed by atoms with Gasteiger partial charge >= 0.3 is 0 Å². The molecule has 3 rings (SSSR count). The standard InChI is InChI=1S/C17H15Cl2NO3S/c18-11-6-12(19)8-13(7-11)20-17(21)10-24-14-2-3-15-16(9-14)23-5-1-4-22-15/h2-3,6-9H,1,4-5,10H2,(H,20,21). The van der Waals surface area contributed by atoms with Gasteiger partial charge in [-0.3, -0.25) is 4.79 Å². The summed E-state index contributed by atoms with van der Waals surface area (Å²) >= 11 is 13.3. The van der Waals surface area contributed by atoms with Crippen LogP contribution in [0.15, 0.2) is 41.3 Å². The average molecular weight is 384 g/mol. The van der Waals surface area contributed by atoms with E-state index in [-0.39, 0.29) is 11.7 Å². The van der Waals surface area contributed by atoms with Crippen molar-refractivity contribution in [2.24, 2.45) is 0 Å². The molecule has 0 radical (unpaired) electrons. The van der Waals surface area contributed by atoms with Crippen LogP contribution in [-0.2, 0) is 4.79 Å². The lowest BCUT2D eigenvalue weighted by atomic mass is 10.3. The molecule has 2 aromatic carbocycles. The van der Waals surface area contributed by atoms with E-state index in [0.29, 0.717) is 28.9 Å². The monoisotopic (exact) mass is 383 g/mol. The number of carbonyl (C=O) groups excluding carboxylic acids is 1. The van der Waals surface area contributed by atoms with Crippen molar-refractivity contribution in [1.29, 1.82) is 0 Å². The summed E-state index contributed by atoms with van der Waals surface area (Å²) in [6.07, 6.45) is 0.863. The summed E-state index contributed by atoms with van der Waals surface area (Å²) in [6, 6.07) is 10.6. The number of fused-ring (bicyclic) bond motifs is 1. The third kappa shape index (κ3) is 4.72. The molecule has 7 heteroatoms. The fourth-order valence-electron chi connectivity index (χ4n) is 2.21. The number of ether oxygens (including phenoxy) is 2. The van der Waals surface area contributed by atoms with Crippen LogP contribution in [0.3, 0.4) is 0 Å². The second-order valence-corrected chi connectivity index (χ2v) is 7.08. The van der Waals surface area contributed by atoms with Gasteiger partial charge in [-0.2, -0.15) is 0 Å². The Bertz CT molecular complexity index is 734. The summed E-state index contributed by atoms with van der Waals surface area (Å²) in [5.74, 6) is 1.60. The SMILES string of the molecule is O=C(CSc1ccc2c(c1)OCCCO2)Nc1cc(Cl)cc(Cl)c1. The zero-order valence-corrected chi connectivity index (χ0v) is 15.0. The number of rotatable bonds is 4. The average Bonchev–Trinajstić information content (AvgIpc) is 2.76. The van der Waals surface area contributed by atoms with Gasteiger partial charge in [-0.15, -0.1) is 11.8 Å². The molecule has 1 N–H and O–H groups in total. The van der Waals surface area contributed by atoms with Crippen molar-refractivity contribution in [1.82, 2.24) is 0 Å². The minimum atomic E-state index is -0.134. The van der Waals surface area contributed by atoms with Crippen molar-refractivity contribution in [2.75, 3.05) is 24.3 Å². The maximum absolute atomic E-state index is 12.1. The van der Waals surface area contributed by atoms with Crippen LogP contribution in [0.1, 0.15) is 6.42 Å². The van der Waals surface area contributed by atoms with E-state index in [4.69, 9.17) is 32.7 Å². The van der Waals surface area contributed by atoms with Gasteiger partial charge in [-0.25, -0.2) is 0 Å². The highest BCUT2D eigenvalue weighted by atomic mass is 35.5. The van der Waals surface area contributed by atoms with E-state index in [9.17, 15) is 4.79 Å². The number of hydrogen-bond donors (Lipinski definition) is 1. The minimum absolute atomic E-state index is 0.134. The molecule has 1 aliphatic rings. The van der Waals surface area contributed by atoms with Crippen LogP contribution in [-0.4, -0.2) is 24.9 Å². The Labute approximate surface area is 154 Å². The second kappa shape index (κ2) is 8.01. The molecule has 0 aromatic heterocycles. The number of hydrogen-bond acceptors (Lipinski definition) is 4. The topological polar surface area (TPSA) is 47.6 Å². The van der Waals surface area contributed by atoms with Gasteiger partial charge < -0.3 is 14.8 Å². The number of amides is 1. The van der Waals surface area contributed by atoms with Crippen LogP contribution >= 0.6 is 35.0 Å². The Kier molecular flexibility index (Phi) is 5.76. The number of benzene rings is 2. The van der Waals surface area contributed by atoms with E-state index in [2.05, 4.69) is 5.32 Å². The molecule has 0 atom stereocenters. The lowest BCUT2D eigenvalue weighted by Crippen LogP contribution is -2.13. The lowest BCUT2D eigenvalue weighted by molar-refractivity contribution is -0.113. The number of halogens is 2. The van der Waals surface area contributed by atoms with E-state index >= 15 is 0 Å². The molecule has 1 aliphatic heterocycles. The first-order valence-electron chi connectivity index (χ1n) is 7.38. The molecule has 0 fully saturated rings. The van der Waals surface area contributed by atoms with Gasteiger partial charge in [-0.05, 0) is 36.4 Å². The summed E-state index contributed by atoms with van der Waals surface area (Å²) in [7, 11) is 0. The third-order valence-electron chi connectivity index (χ3n) is 3.24. The number of anilines is 1. The molecule has 0 spiro atoms. The summed E-state index contributed by atoms with van der Waals surface area (Å²) in [4.78, 5) is 13.0. The van der Waals surface area contributed by atoms with Gasteiger partial charge in [0, 0.05) is 27.0 Å². The van der Waals surface area contributed by atoms with Gasteiger partial charge in [-0.1, -0.05) is 23.2 Å². The predicted octanol–water partition coefficient (Wildman–Crippen LogP) is 4.89. The predicted molar refractivity (Wildman–Crippen MR) is 97.9 cm³/mol. The van der Waals surface area contributed by atoms with Crippen LogP contribution in [0.25, 0.3) is 0 Å². The normalized spacial score (nSPS) is 13.2. The molecule has 0 aliphatic carbocycles. The zero-order chi connectivity index (χ0) is 16.9. The van der Waals surface area contributed by atoms with Crippen LogP contribution in [0.4, 0.5) is 5.69 Å². The Hall–Kier alpha value is -1.56. The van der Waals surface area contributed by atoms with Gasteiger partial charge in [0.1, 0.15) is 0 Å². The summed E-state index contributed by atoms with van der Waals surface area (Å²) < 4.78 is 11.2. The van der Waals surface area contributed by atoms with E-state index in [1.54, 1.807) is 18.2 Å². The van der Waals surface area contributed by atoms with Crippen LogP contribution in [0, 0.1) is 0 Å². The van der Waals surface area contributed by atoms with E-state index in [1.807, 2.05) is 18.2 Å². The molecule has 1 heterocycles. The summed E-state index contributed by atoms with van der Waals surface area (Å²) in [5.41, 5.74) is 0.580. The van der Waals surface area contributed by atoms with Crippen LogP contribution < -0.4 is 14.8 Å². The van der Waals surface area contributed by atoms with Gasteiger partial charge in [0.15, 0.2) is 11.5 Å². The molecule has 0 saturated heterocycles. The number of thioether (sulfide) groups is 1. The lowest BCUT2D eigenvalue weighted by Gasteiger charge is -2.09. The van der Waals surface area contributed by atoms with Crippen molar-refractivity contribution in [3.63, 3.8) is 0 Å². The summed E-state index contributed by atoms with van der Waals surface area (Å²) in [5, 5.41) is 3.74. The Balaban J connectivity index is 1.59. The fourth-order valence-corrected chi connectivity index (χ4v) is 3.46. The van der Waals surface area contributed by atoms with Gasteiger partial charge in [0.25, 0.3) is 0 Å². The van der Waals surface area contributed by atoms with Crippen LogP contribution in [0.5, 0.6) is 11.5 Å². The molecule has 24 heavy (non-hydrogen) atoms. The Morgan fingerprint density at radius 2 is 1.75 bits per heavy atom. The highest BCUT2D eigenvalue weighted by Gasteiger charge is 2.12. The molecular weight excluding hydrogens is 369 g/mol. The smallest absolute Gasteiger partial charge is 0.234 e. The molecule has 1 amide bonds. The highest BCUT2D eigenvalue weighted by molar-refractivity contribution is 8.00. The molecule has 0 bridgehead atoms. The zero-order valence-electron chi connectivity index (χ0n) is 12.7. The molecule has 126 valence electrons. The Morgan fingerprint density at radius 1 is 1.04 bits per heavy atom. The largest absolute Gasteiger partial charge is 0.490 e. The second-order valence-electron chi connectivity index (χ2n) is 5.15. The summed E-state index contributed by atoms with van der Waals surface area (Å²) in [6.45, 7) is 1.29. The number of nitrogens with one attached hydrogen (secondary N) is 1. The van der Waals surface area contributed by atoms with Crippen molar-refractivity contribution in [3.8, 4) is 11.5 Å². The quantitative estimate of drug-likeness (QED) is 0.763. The first kappa shape index (κ1) is 17.3. The van der Waals surface area contributed by atoms with Gasteiger partial charge in [0.05, 0.1) is 19.0 Å². The molecule has 0 saturated carbocycles. The maximum Gasteiger partial charge on any atom is 0.234 e. The maximum atomic E-state index is 12.1. The number of carbonyl (C=O) groups is 1. The first-order chi connectivity index (χ1) is 11.6. The van der Waals surface area contributed by atoms with E-state index in [1.165, 1.54) is 11.8 Å². The highest BCUT2D eigenvalue weighted by Crippen LogP contribution is 2.34. The molecule has 4 nitrogen and oxygen atoms in total. The molecular formula is C17H15Cl2NO3S. The van der Waals surface area contributed by atoms with E-state index < -0.39 is 0 Å². The molecule has 0 unspecified atom stereocenters.